The van der Waals surface area contributed by atoms with Crippen molar-refractivity contribution in [3.05, 3.63) is 48.2 Å². The molecule has 1 heterocycles. The SMILES string of the molecule is CC(=O)N(c1cccc(C(F)(F)F)c1)c1cc(NO)ccn1. The molecule has 0 unspecified atom stereocenters. The van der Waals surface area contributed by atoms with E-state index in [1.807, 2.05) is 5.48 Å². The fourth-order valence-corrected chi connectivity index (χ4v) is 1.91. The van der Waals surface area contributed by atoms with E-state index in [1.54, 1.807) is 0 Å². The molecule has 116 valence electrons. The zero-order valence-corrected chi connectivity index (χ0v) is 11.4. The molecule has 0 aliphatic heterocycles. The zero-order valence-electron chi connectivity index (χ0n) is 11.4. The number of alkyl halides is 3. The standard InChI is InChI=1S/C14H12F3N3O2/c1-9(21)20(13-8-11(19-22)5-6-18-13)12-4-2-3-10(7-12)14(15,16)17/h2-8,22H,1H3,(H,18,19). The Hall–Kier alpha value is -2.61. The highest BCUT2D eigenvalue weighted by Crippen LogP contribution is 2.33. The lowest BCUT2D eigenvalue weighted by atomic mass is 10.1. The summed E-state index contributed by atoms with van der Waals surface area (Å²) in [7, 11) is 0. The van der Waals surface area contributed by atoms with Crippen LogP contribution in [0.15, 0.2) is 42.6 Å². The fraction of sp³-hybridized carbons (Fsp3) is 0.143. The van der Waals surface area contributed by atoms with Crippen molar-refractivity contribution < 1.29 is 23.2 Å². The van der Waals surface area contributed by atoms with Gasteiger partial charge >= 0.3 is 6.18 Å². The molecule has 0 aliphatic carbocycles. The number of amides is 1. The average molecular weight is 311 g/mol. The number of aromatic nitrogens is 1. The first kappa shape index (κ1) is 15.8. The van der Waals surface area contributed by atoms with Crippen LogP contribution in [-0.4, -0.2) is 16.1 Å². The number of carbonyl (C=O) groups is 1. The number of halogens is 3. The van der Waals surface area contributed by atoms with Crippen molar-refractivity contribution >= 4 is 23.1 Å². The predicted molar refractivity (Wildman–Crippen MR) is 73.9 cm³/mol. The third kappa shape index (κ3) is 3.34. The van der Waals surface area contributed by atoms with E-state index in [4.69, 9.17) is 5.21 Å². The predicted octanol–water partition coefficient (Wildman–Crippen LogP) is 3.59. The summed E-state index contributed by atoms with van der Waals surface area (Å²) in [5.74, 6) is -0.423. The topological polar surface area (TPSA) is 65.5 Å². The van der Waals surface area contributed by atoms with E-state index >= 15 is 0 Å². The van der Waals surface area contributed by atoms with E-state index < -0.39 is 17.6 Å². The van der Waals surface area contributed by atoms with Gasteiger partial charge in [-0.1, -0.05) is 6.07 Å². The van der Waals surface area contributed by atoms with Gasteiger partial charge in [-0.2, -0.15) is 13.2 Å². The maximum atomic E-state index is 12.8. The molecule has 0 fully saturated rings. The molecule has 1 amide bonds. The van der Waals surface area contributed by atoms with Gasteiger partial charge in [0.1, 0.15) is 5.82 Å². The lowest BCUT2D eigenvalue weighted by Gasteiger charge is -2.21. The van der Waals surface area contributed by atoms with Gasteiger partial charge in [0.2, 0.25) is 5.91 Å². The average Bonchev–Trinajstić information content (AvgIpc) is 2.47. The summed E-state index contributed by atoms with van der Waals surface area (Å²) < 4.78 is 38.4. The van der Waals surface area contributed by atoms with Gasteiger partial charge in [0.25, 0.3) is 0 Å². The molecule has 2 N–H and O–H groups in total. The summed E-state index contributed by atoms with van der Waals surface area (Å²) in [6.45, 7) is 1.21. The molecule has 2 aromatic rings. The van der Waals surface area contributed by atoms with Crippen LogP contribution in [-0.2, 0) is 11.0 Å². The summed E-state index contributed by atoms with van der Waals surface area (Å²) in [6.07, 6.45) is -3.20. The quantitative estimate of drug-likeness (QED) is 0.850. The molecule has 0 atom stereocenters. The van der Waals surface area contributed by atoms with Gasteiger partial charge in [-0.15, -0.1) is 0 Å². The molecule has 1 aromatic heterocycles. The van der Waals surface area contributed by atoms with Gasteiger partial charge in [-0.3, -0.25) is 20.4 Å². The Balaban J connectivity index is 2.51. The molecular weight excluding hydrogens is 299 g/mol. The van der Waals surface area contributed by atoms with Crippen LogP contribution in [0.1, 0.15) is 12.5 Å². The van der Waals surface area contributed by atoms with Crippen LogP contribution in [0.2, 0.25) is 0 Å². The fourth-order valence-electron chi connectivity index (χ4n) is 1.91. The van der Waals surface area contributed by atoms with Crippen molar-refractivity contribution in [2.45, 2.75) is 13.1 Å². The smallest absolute Gasteiger partial charge is 0.291 e. The maximum absolute atomic E-state index is 12.8. The minimum atomic E-state index is -4.51. The Morgan fingerprint density at radius 2 is 2.00 bits per heavy atom. The Morgan fingerprint density at radius 1 is 1.27 bits per heavy atom. The normalized spacial score (nSPS) is 11.1. The summed E-state index contributed by atoms with van der Waals surface area (Å²) in [5, 5.41) is 8.87. The van der Waals surface area contributed by atoms with Crippen LogP contribution in [0.3, 0.4) is 0 Å². The molecule has 0 spiro atoms. The van der Waals surface area contributed by atoms with E-state index in [-0.39, 0.29) is 17.2 Å². The van der Waals surface area contributed by atoms with Crippen molar-refractivity contribution in [1.29, 1.82) is 0 Å². The minimum Gasteiger partial charge on any atom is -0.291 e. The van der Waals surface area contributed by atoms with Crippen molar-refractivity contribution in [2.75, 3.05) is 10.4 Å². The van der Waals surface area contributed by atoms with Crippen molar-refractivity contribution in [1.82, 2.24) is 4.98 Å². The lowest BCUT2D eigenvalue weighted by molar-refractivity contribution is -0.137. The molecule has 0 saturated carbocycles. The first-order valence-electron chi connectivity index (χ1n) is 6.17. The first-order valence-corrected chi connectivity index (χ1v) is 6.17. The number of carbonyl (C=O) groups excluding carboxylic acids is 1. The van der Waals surface area contributed by atoms with Crippen LogP contribution < -0.4 is 10.4 Å². The van der Waals surface area contributed by atoms with Gasteiger partial charge < -0.3 is 0 Å². The maximum Gasteiger partial charge on any atom is 0.416 e. The summed E-state index contributed by atoms with van der Waals surface area (Å²) in [5.41, 5.74) is 1.31. The van der Waals surface area contributed by atoms with Crippen LogP contribution in [0, 0.1) is 0 Å². The Bertz CT molecular complexity index is 689. The van der Waals surface area contributed by atoms with E-state index in [0.29, 0.717) is 0 Å². The molecule has 5 nitrogen and oxygen atoms in total. The number of nitrogens with one attached hydrogen (secondary N) is 1. The number of rotatable bonds is 3. The lowest BCUT2D eigenvalue weighted by Crippen LogP contribution is -2.24. The summed E-state index contributed by atoms with van der Waals surface area (Å²) in [4.78, 5) is 16.8. The Kier molecular flexibility index (Phi) is 4.32. The van der Waals surface area contributed by atoms with Crippen molar-refractivity contribution in [3.63, 3.8) is 0 Å². The minimum absolute atomic E-state index is 0.0323. The molecule has 8 heteroatoms. The molecule has 2 rings (SSSR count). The molecule has 1 aromatic carbocycles. The van der Waals surface area contributed by atoms with E-state index in [2.05, 4.69) is 4.98 Å². The van der Waals surface area contributed by atoms with E-state index in [0.717, 1.165) is 17.0 Å². The largest absolute Gasteiger partial charge is 0.416 e. The number of anilines is 3. The van der Waals surface area contributed by atoms with Crippen LogP contribution in [0.5, 0.6) is 0 Å². The first-order chi connectivity index (χ1) is 10.3. The van der Waals surface area contributed by atoms with Gasteiger partial charge in [0.15, 0.2) is 0 Å². The highest BCUT2D eigenvalue weighted by Gasteiger charge is 2.31. The number of hydrogen-bond acceptors (Lipinski definition) is 4. The summed E-state index contributed by atoms with van der Waals surface area (Å²) >= 11 is 0. The third-order valence-corrected chi connectivity index (χ3v) is 2.85. The second-order valence-corrected chi connectivity index (χ2v) is 4.42. The molecule has 0 bridgehead atoms. The molecule has 0 saturated heterocycles. The monoisotopic (exact) mass is 311 g/mol. The van der Waals surface area contributed by atoms with Gasteiger partial charge in [-0.05, 0) is 24.3 Å². The van der Waals surface area contributed by atoms with Gasteiger partial charge in [0.05, 0.1) is 16.9 Å². The summed E-state index contributed by atoms with van der Waals surface area (Å²) in [6, 6.07) is 7.14. The number of nitrogens with zero attached hydrogens (tertiary/aromatic N) is 2. The second-order valence-electron chi connectivity index (χ2n) is 4.42. The highest BCUT2D eigenvalue weighted by atomic mass is 19.4. The number of pyridine rings is 1. The van der Waals surface area contributed by atoms with E-state index in [1.165, 1.54) is 37.4 Å². The molecular formula is C14H12F3N3O2. The molecule has 22 heavy (non-hydrogen) atoms. The Labute approximate surface area is 124 Å². The van der Waals surface area contributed by atoms with Gasteiger partial charge in [-0.25, -0.2) is 4.98 Å². The van der Waals surface area contributed by atoms with Gasteiger partial charge in [0, 0.05) is 19.2 Å². The number of benzene rings is 1. The second kappa shape index (κ2) is 6.02. The zero-order chi connectivity index (χ0) is 16.3. The number of hydrogen-bond donors (Lipinski definition) is 2. The third-order valence-electron chi connectivity index (χ3n) is 2.85. The van der Waals surface area contributed by atoms with Crippen molar-refractivity contribution in [2.24, 2.45) is 0 Å². The van der Waals surface area contributed by atoms with Crippen LogP contribution in [0.25, 0.3) is 0 Å². The van der Waals surface area contributed by atoms with Crippen LogP contribution >= 0.6 is 0 Å². The molecule has 0 aliphatic rings. The Morgan fingerprint density at radius 3 is 2.59 bits per heavy atom. The van der Waals surface area contributed by atoms with Crippen molar-refractivity contribution in [3.8, 4) is 0 Å². The highest BCUT2D eigenvalue weighted by molar-refractivity contribution is 5.98. The van der Waals surface area contributed by atoms with Crippen LogP contribution in [0.4, 0.5) is 30.4 Å². The van der Waals surface area contributed by atoms with E-state index in [9.17, 15) is 18.0 Å². The molecule has 0 radical (unpaired) electrons.